The average Bonchev–Trinajstić information content (AvgIpc) is 3.61. The number of benzene rings is 4. The summed E-state index contributed by atoms with van der Waals surface area (Å²) in [7, 11) is 0. The first-order chi connectivity index (χ1) is 17.8. The Kier molecular flexibility index (Phi) is 6.55. The van der Waals surface area contributed by atoms with Crippen LogP contribution < -0.4 is 5.32 Å². The smallest absolute Gasteiger partial charge is 0.219 e. The van der Waals surface area contributed by atoms with Gasteiger partial charge in [0.15, 0.2) is 0 Å². The molecule has 2 aliphatic rings. The number of rotatable bonds is 7. The van der Waals surface area contributed by atoms with Crippen LogP contribution in [-0.2, 0) is 11.2 Å². The molecule has 0 saturated heterocycles. The first-order valence-corrected chi connectivity index (χ1v) is 13.3. The normalized spacial score (nSPS) is 18.9. The minimum absolute atomic E-state index is 0.0207. The summed E-state index contributed by atoms with van der Waals surface area (Å²) in [6, 6.07) is 37.9. The Morgan fingerprint density at radius 2 is 1.36 bits per heavy atom. The molecular weight excluding hydrogens is 462 g/mol. The summed E-state index contributed by atoms with van der Waals surface area (Å²) in [5, 5.41) is 4.75. The van der Waals surface area contributed by atoms with Crippen LogP contribution in [0, 0.1) is 0 Å². The molecule has 2 heterocycles. The minimum atomic E-state index is 0.0207. The van der Waals surface area contributed by atoms with Crippen molar-refractivity contribution in [3.63, 3.8) is 0 Å². The van der Waals surface area contributed by atoms with Crippen molar-refractivity contribution in [1.82, 2.24) is 0 Å². The van der Waals surface area contributed by atoms with E-state index in [1.807, 2.05) is 42.1 Å². The summed E-state index contributed by atoms with van der Waals surface area (Å²) < 4.78 is 6.07. The minimum Gasteiger partial charge on any atom is -0.475 e. The number of hydrogen-bond donors (Lipinski definition) is 1. The van der Waals surface area contributed by atoms with Crippen molar-refractivity contribution in [3.05, 3.63) is 131 Å². The lowest BCUT2D eigenvalue weighted by Crippen LogP contribution is -2.08. The zero-order valence-corrected chi connectivity index (χ0v) is 20.7. The maximum Gasteiger partial charge on any atom is 0.219 e. The van der Waals surface area contributed by atoms with Crippen LogP contribution in [0.3, 0.4) is 0 Å². The second kappa shape index (κ2) is 10.4. The van der Waals surface area contributed by atoms with E-state index in [0.29, 0.717) is 18.5 Å². The molecule has 0 radical (unpaired) electrons. The Morgan fingerprint density at radius 1 is 0.722 bits per heavy atom. The van der Waals surface area contributed by atoms with Crippen molar-refractivity contribution < 1.29 is 4.74 Å². The number of para-hydroxylation sites is 2. The molecule has 1 N–H and O–H groups in total. The Hall–Kier alpha value is -3.83. The lowest BCUT2D eigenvalue weighted by Gasteiger charge is -2.15. The van der Waals surface area contributed by atoms with Crippen molar-refractivity contribution >= 4 is 34.1 Å². The summed E-state index contributed by atoms with van der Waals surface area (Å²) in [6.07, 6.45) is 0.968. The molecule has 2 atom stereocenters. The predicted octanol–water partition coefficient (Wildman–Crippen LogP) is 7.05. The van der Waals surface area contributed by atoms with Crippen LogP contribution in [0.4, 0.5) is 11.4 Å². The standard InChI is InChI=1S/C31H27N3OS/c1-3-11-22(12-4-1)19-24-21-36-31(32-24)26-16-8-10-18-28(26)33-27-17-9-7-15-25(27)30-34-29(20-35-30)23-13-5-2-6-14-23/h1-18,24,29,33H,19-21H2/t24-,29+/m0/s1. The zero-order chi connectivity index (χ0) is 24.2. The molecule has 0 saturated carbocycles. The van der Waals surface area contributed by atoms with E-state index in [-0.39, 0.29) is 6.04 Å². The number of aliphatic imine (C=N–C) groups is 2. The molecule has 0 unspecified atom stereocenters. The van der Waals surface area contributed by atoms with E-state index < -0.39 is 0 Å². The number of thioether (sulfide) groups is 1. The topological polar surface area (TPSA) is 46.0 Å². The van der Waals surface area contributed by atoms with Crippen molar-refractivity contribution in [2.24, 2.45) is 9.98 Å². The van der Waals surface area contributed by atoms with E-state index in [0.717, 1.165) is 39.7 Å². The Morgan fingerprint density at radius 3 is 2.14 bits per heavy atom. The number of nitrogens with zero attached hydrogens (tertiary/aromatic N) is 2. The Balaban J connectivity index is 1.25. The first-order valence-electron chi connectivity index (χ1n) is 12.3. The molecule has 2 aliphatic heterocycles. The van der Waals surface area contributed by atoms with Gasteiger partial charge in [0.05, 0.1) is 17.3 Å². The fourth-order valence-corrected chi connectivity index (χ4v) is 5.72. The summed E-state index contributed by atoms with van der Waals surface area (Å²) in [5.41, 5.74) is 6.61. The van der Waals surface area contributed by atoms with E-state index in [1.165, 1.54) is 11.1 Å². The number of ether oxygens (including phenoxy) is 1. The average molecular weight is 490 g/mol. The third-order valence-electron chi connectivity index (χ3n) is 6.45. The quantitative estimate of drug-likeness (QED) is 0.302. The van der Waals surface area contributed by atoms with Crippen LogP contribution >= 0.6 is 11.8 Å². The SMILES string of the molecule is c1ccc(C[C@H]2CSC(c3ccccc3Nc3ccccc3C3=N[C@@H](c4ccccc4)CO3)=N2)cc1. The Bertz CT molecular complexity index is 1400. The Labute approximate surface area is 216 Å². The molecule has 4 aromatic carbocycles. The van der Waals surface area contributed by atoms with Gasteiger partial charge in [0.2, 0.25) is 5.90 Å². The molecule has 0 fully saturated rings. The van der Waals surface area contributed by atoms with Gasteiger partial charge in [-0.3, -0.25) is 4.99 Å². The van der Waals surface area contributed by atoms with Crippen LogP contribution in [-0.4, -0.2) is 29.3 Å². The number of anilines is 2. The van der Waals surface area contributed by atoms with Gasteiger partial charge in [0.25, 0.3) is 0 Å². The number of nitrogens with one attached hydrogen (secondary N) is 1. The molecule has 4 nitrogen and oxygen atoms in total. The van der Waals surface area contributed by atoms with E-state index in [9.17, 15) is 0 Å². The molecule has 0 amide bonds. The lowest BCUT2D eigenvalue weighted by molar-refractivity contribution is 0.320. The molecule has 5 heteroatoms. The molecular formula is C31H27N3OS. The molecule has 0 aliphatic carbocycles. The molecule has 4 aromatic rings. The summed E-state index contributed by atoms with van der Waals surface area (Å²) in [4.78, 5) is 10.00. The van der Waals surface area contributed by atoms with Gasteiger partial charge >= 0.3 is 0 Å². The monoisotopic (exact) mass is 489 g/mol. The third kappa shape index (κ3) is 4.93. The van der Waals surface area contributed by atoms with E-state index in [4.69, 9.17) is 14.7 Å². The predicted molar refractivity (Wildman–Crippen MR) is 151 cm³/mol. The van der Waals surface area contributed by atoms with Gasteiger partial charge in [-0.05, 0) is 35.7 Å². The largest absolute Gasteiger partial charge is 0.475 e. The van der Waals surface area contributed by atoms with Crippen LogP contribution in [0.5, 0.6) is 0 Å². The molecule has 6 rings (SSSR count). The maximum atomic E-state index is 6.07. The summed E-state index contributed by atoms with van der Waals surface area (Å²) >= 11 is 1.84. The highest BCUT2D eigenvalue weighted by atomic mass is 32.2. The van der Waals surface area contributed by atoms with Gasteiger partial charge in [-0.1, -0.05) is 91.0 Å². The highest BCUT2D eigenvalue weighted by molar-refractivity contribution is 8.14. The highest BCUT2D eigenvalue weighted by Crippen LogP contribution is 2.33. The van der Waals surface area contributed by atoms with Gasteiger partial charge in [0.1, 0.15) is 17.7 Å². The van der Waals surface area contributed by atoms with Crippen LogP contribution in [0.2, 0.25) is 0 Å². The van der Waals surface area contributed by atoms with Gasteiger partial charge in [-0.15, -0.1) is 11.8 Å². The van der Waals surface area contributed by atoms with Crippen molar-refractivity contribution in [3.8, 4) is 0 Å². The molecule has 178 valence electrons. The molecule has 0 bridgehead atoms. The van der Waals surface area contributed by atoms with Crippen LogP contribution in [0.25, 0.3) is 0 Å². The van der Waals surface area contributed by atoms with Gasteiger partial charge in [-0.2, -0.15) is 0 Å². The van der Waals surface area contributed by atoms with Gasteiger partial charge < -0.3 is 10.1 Å². The summed E-state index contributed by atoms with van der Waals surface area (Å²) in [6.45, 7) is 0.556. The highest BCUT2D eigenvalue weighted by Gasteiger charge is 2.25. The van der Waals surface area contributed by atoms with Crippen molar-refractivity contribution in [2.45, 2.75) is 18.5 Å². The fraction of sp³-hybridized carbons (Fsp3) is 0.161. The van der Waals surface area contributed by atoms with E-state index >= 15 is 0 Å². The second-order valence-electron chi connectivity index (χ2n) is 8.98. The molecule has 0 spiro atoms. The van der Waals surface area contributed by atoms with E-state index in [2.05, 4.69) is 84.2 Å². The number of hydrogen-bond acceptors (Lipinski definition) is 5. The van der Waals surface area contributed by atoms with Gasteiger partial charge in [0, 0.05) is 17.0 Å². The summed E-state index contributed by atoms with van der Waals surface area (Å²) in [5.74, 6) is 1.68. The van der Waals surface area contributed by atoms with Gasteiger partial charge in [-0.25, -0.2) is 4.99 Å². The first kappa shape index (κ1) is 22.6. The van der Waals surface area contributed by atoms with E-state index in [1.54, 1.807) is 0 Å². The van der Waals surface area contributed by atoms with Crippen LogP contribution in [0.15, 0.2) is 119 Å². The zero-order valence-electron chi connectivity index (χ0n) is 19.9. The van der Waals surface area contributed by atoms with Crippen LogP contribution in [0.1, 0.15) is 28.3 Å². The maximum absolute atomic E-state index is 6.07. The van der Waals surface area contributed by atoms with Crippen molar-refractivity contribution in [1.29, 1.82) is 0 Å². The third-order valence-corrected chi connectivity index (χ3v) is 7.60. The fourth-order valence-electron chi connectivity index (χ4n) is 4.62. The molecule has 0 aromatic heterocycles. The lowest BCUT2D eigenvalue weighted by atomic mass is 10.1. The second-order valence-corrected chi connectivity index (χ2v) is 9.99. The van der Waals surface area contributed by atoms with Crippen molar-refractivity contribution in [2.75, 3.05) is 17.7 Å². The molecule has 36 heavy (non-hydrogen) atoms.